The Hall–Kier alpha value is -1.99. The Labute approximate surface area is 154 Å². The maximum absolute atomic E-state index is 13.1. The average molecular weight is 375 g/mol. The zero-order valence-electron chi connectivity index (χ0n) is 15.7. The topological polar surface area (TPSA) is 70.6 Å². The van der Waals surface area contributed by atoms with Gasteiger partial charge in [0, 0.05) is 25.2 Å². The summed E-state index contributed by atoms with van der Waals surface area (Å²) in [6, 6.07) is 7.60. The van der Waals surface area contributed by atoms with Crippen LogP contribution in [0.25, 0.3) is 10.9 Å². The highest BCUT2D eigenvalue weighted by molar-refractivity contribution is 7.91. The zero-order chi connectivity index (χ0) is 19.1. The quantitative estimate of drug-likeness (QED) is 0.763. The standard InChI is InChI=1S/C19H25N3O3S/c1-13-16-7-5-6-8-18(16)20-14(2)17(13)11-19(23)22(21(3)4)15-9-10-26(24,25)12-15/h5-8,15H,9-12H2,1-4H3/t15-/m1/s1. The van der Waals surface area contributed by atoms with Gasteiger partial charge in [0.2, 0.25) is 5.91 Å². The van der Waals surface area contributed by atoms with Crippen LogP contribution in [0.4, 0.5) is 0 Å². The largest absolute Gasteiger partial charge is 0.273 e. The molecule has 0 N–H and O–H groups in total. The first-order chi connectivity index (χ1) is 12.2. The number of hydrogen-bond acceptors (Lipinski definition) is 5. The Bertz CT molecular complexity index is 954. The highest BCUT2D eigenvalue weighted by atomic mass is 32.2. The lowest BCUT2D eigenvalue weighted by Gasteiger charge is -2.34. The van der Waals surface area contributed by atoms with Crippen molar-refractivity contribution in [3.63, 3.8) is 0 Å². The lowest BCUT2D eigenvalue weighted by atomic mass is 9.99. The van der Waals surface area contributed by atoms with Gasteiger partial charge in [0.05, 0.1) is 29.5 Å². The highest BCUT2D eigenvalue weighted by Gasteiger charge is 2.36. The first-order valence-corrected chi connectivity index (χ1v) is 10.6. The summed E-state index contributed by atoms with van der Waals surface area (Å²) >= 11 is 0. The van der Waals surface area contributed by atoms with Crippen molar-refractivity contribution in [2.75, 3.05) is 25.6 Å². The van der Waals surface area contributed by atoms with Gasteiger partial charge in [-0.15, -0.1) is 0 Å². The van der Waals surface area contributed by atoms with Gasteiger partial charge in [-0.3, -0.25) is 14.8 Å². The van der Waals surface area contributed by atoms with Crippen molar-refractivity contribution in [1.82, 2.24) is 15.0 Å². The molecule has 1 saturated heterocycles. The van der Waals surface area contributed by atoms with Crippen LogP contribution >= 0.6 is 0 Å². The maximum atomic E-state index is 13.1. The lowest BCUT2D eigenvalue weighted by Crippen LogP contribution is -2.50. The number of sulfone groups is 1. The molecule has 1 aliphatic rings. The molecule has 1 aromatic heterocycles. The van der Waals surface area contributed by atoms with Crippen LogP contribution in [0.3, 0.4) is 0 Å². The van der Waals surface area contributed by atoms with Gasteiger partial charge in [0.25, 0.3) is 0 Å². The molecule has 0 aliphatic carbocycles. The van der Waals surface area contributed by atoms with Crippen LogP contribution in [-0.2, 0) is 21.1 Å². The Morgan fingerprint density at radius 1 is 1.23 bits per heavy atom. The molecular weight excluding hydrogens is 350 g/mol. The minimum Gasteiger partial charge on any atom is -0.273 e. The molecule has 26 heavy (non-hydrogen) atoms. The van der Waals surface area contributed by atoms with Gasteiger partial charge in [-0.2, -0.15) is 0 Å². The monoisotopic (exact) mass is 375 g/mol. The van der Waals surface area contributed by atoms with Gasteiger partial charge in [-0.25, -0.2) is 13.4 Å². The summed E-state index contributed by atoms with van der Waals surface area (Å²) in [7, 11) is 0.500. The molecule has 140 valence electrons. The Balaban J connectivity index is 1.92. The van der Waals surface area contributed by atoms with Gasteiger partial charge < -0.3 is 0 Å². The van der Waals surface area contributed by atoms with Crippen molar-refractivity contribution >= 4 is 26.6 Å². The van der Waals surface area contributed by atoms with Gasteiger partial charge in [0.15, 0.2) is 9.84 Å². The summed E-state index contributed by atoms with van der Waals surface area (Å²) in [5.74, 6) is 0.0794. The van der Waals surface area contributed by atoms with Crippen LogP contribution in [0.5, 0.6) is 0 Å². The Morgan fingerprint density at radius 2 is 1.92 bits per heavy atom. The van der Waals surface area contributed by atoms with Gasteiger partial charge in [-0.1, -0.05) is 18.2 Å². The Kier molecular flexibility index (Phi) is 5.03. The van der Waals surface area contributed by atoms with Crippen LogP contribution in [0.1, 0.15) is 23.2 Å². The summed E-state index contributed by atoms with van der Waals surface area (Å²) in [5.41, 5.74) is 3.73. The number of rotatable bonds is 4. The maximum Gasteiger partial charge on any atom is 0.241 e. The van der Waals surface area contributed by atoms with Gasteiger partial charge in [0.1, 0.15) is 0 Å². The number of nitrogens with zero attached hydrogens (tertiary/aromatic N) is 3. The molecule has 1 amide bonds. The second-order valence-corrected chi connectivity index (χ2v) is 9.37. The van der Waals surface area contributed by atoms with E-state index in [1.807, 2.05) is 38.1 Å². The molecule has 2 aromatic rings. The van der Waals surface area contributed by atoms with Crippen molar-refractivity contribution < 1.29 is 13.2 Å². The number of aromatic nitrogens is 1. The van der Waals surface area contributed by atoms with Crippen molar-refractivity contribution in [1.29, 1.82) is 0 Å². The van der Waals surface area contributed by atoms with E-state index in [2.05, 4.69) is 4.98 Å². The van der Waals surface area contributed by atoms with Crippen LogP contribution in [0.2, 0.25) is 0 Å². The molecule has 2 heterocycles. The molecular formula is C19H25N3O3S. The molecule has 1 aromatic carbocycles. The number of carbonyl (C=O) groups is 1. The molecule has 0 unspecified atom stereocenters. The van der Waals surface area contributed by atoms with Crippen molar-refractivity contribution in [2.45, 2.75) is 32.7 Å². The third-order valence-corrected chi connectivity index (χ3v) is 6.80. The summed E-state index contributed by atoms with van der Waals surface area (Å²) in [4.78, 5) is 17.7. The molecule has 7 heteroatoms. The van der Waals surface area contributed by atoms with E-state index in [0.717, 1.165) is 27.7 Å². The highest BCUT2D eigenvalue weighted by Crippen LogP contribution is 2.25. The van der Waals surface area contributed by atoms with Crippen molar-refractivity contribution in [3.05, 3.63) is 41.1 Å². The van der Waals surface area contributed by atoms with Crippen LogP contribution in [0.15, 0.2) is 24.3 Å². The molecule has 0 saturated carbocycles. The minimum absolute atomic E-state index is 0.0326. The van der Waals surface area contributed by atoms with E-state index < -0.39 is 9.84 Å². The average Bonchev–Trinajstić information content (AvgIpc) is 2.90. The SMILES string of the molecule is Cc1nc2ccccc2c(C)c1CC(=O)N([C@@H]1CCS(=O)(=O)C1)N(C)C. The third kappa shape index (κ3) is 3.59. The molecule has 6 nitrogen and oxygen atoms in total. The molecule has 0 spiro atoms. The lowest BCUT2D eigenvalue weighted by molar-refractivity contribution is -0.148. The summed E-state index contributed by atoms with van der Waals surface area (Å²) in [5, 5.41) is 4.34. The molecule has 0 bridgehead atoms. The number of hydrogen-bond donors (Lipinski definition) is 0. The van der Waals surface area contributed by atoms with Crippen LogP contribution in [-0.4, -0.2) is 61.0 Å². The summed E-state index contributed by atoms with van der Waals surface area (Å²) < 4.78 is 23.7. The fraction of sp³-hybridized carbons (Fsp3) is 0.474. The summed E-state index contributed by atoms with van der Waals surface area (Å²) in [6.45, 7) is 3.93. The predicted octanol–water partition coefficient (Wildman–Crippen LogP) is 1.89. The predicted molar refractivity (Wildman–Crippen MR) is 103 cm³/mol. The van der Waals surface area contributed by atoms with E-state index in [4.69, 9.17) is 0 Å². The minimum atomic E-state index is -3.06. The Morgan fingerprint density at radius 3 is 2.54 bits per heavy atom. The van der Waals surface area contributed by atoms with Gasteiger partial charge in [-0.05, 0) is 37.5 Å². The molecule has 1 atom stereocenters. The molecule has 0 radical (unpaired) electrons. The first-order valence-electron chi connectivity index (χ1n) is 8.74. The van der Waals surface area contributed by atoms with E-state index in [1.165, 1.54) is 0 Å². The number of amides is 1. The number of fused-ring (bicyclic) bond motifs is 1. The summed E-state index contributed by atoms with van der Waals surface area (Å²) in [6.07, 6.45) is 0.699. The van der Waals surface area contributed by atoms with Crippen molar-refractivity contribution in [2.24, 2.45) is 0 Å². The molecule has 1 aliphatic heterocycles. The molecule has 3 rings (SSSR count). The van der Waals surface area contributed by atoms with E-state index in [-0.39, 0.29) is 29.9 Å². The van der Waals surface area contributed by atoms with E-state index in [1.54, 1.807) is 24.1 Å². The second-order valence-electron chi connectivity index (χ2n) is 7.14. The van der Waals surface area contributed by atoms with E-state index in [9.17, 15) is 13.2 Å². The number of benzene rings is 1. The third-order valence-electron chi connectivity index (χ3n) is 5.05. The molecule has 1 fully saturated rings. The van der Waals surface area contributed by atoms with Crippen LogP contribution in [0, 0.1) is 13.8 Å². The van der Waals surface area contributed by atoms with E-state index >= 15 is 0 Å². The van der Waals surface area contributed by atoms with Gasteiger partial charge >= 0.3 is 0 Å². The smallest absolute Gasteiger partial charge is 0.241 e. The number of para-hydroxylation sites is 1. The van der Waals surface area contributed by atoms with Crippen molar-refractivity contribution in [3.8, 4) is 0 Å². The number of pyridine rings is 1. The van der Waals surface area contributed by atoms with E-state index in [0.29, 0.717) is 6.42 Å². The second kappa shape index (κ2) is 6.96. The van der Waals surface area contributed by atoms with Crippen LogP contribution < -0.4 is 0 Å². The fourth-order valence-electron chi connectivity index (χ4n) is 3.78. The normalized spacial score (nSPS) is 19.2. The number of hydrazine groups is 1. The first kappa shape index (κ1) is 18.8. The number of carbonyl (C=O) groups excluding carboxylic acids is 1. The fourth-order valence-corrected chi connectivity index (χ4v) is 5.48. The zero-order valence-corrected chi connectivity index (χ0v) is 16.5. The number of aryl methyl sites for hydroxylation is 2.